The molecule has 0 saturated heterocycles. The van der Waals surface area contributed by atoms with Crippen molar-refractivity contribution in [1.82, 2.24) is 9.55 Å². The molecule has 0 aliphatic rings. The number of aryl methyl sites for hydroxylation is 1. The van der Waals surface area contributed by atoms with Crippen LogP contribution in [0.1, 0.15) is 30.1 Å². The highest BCUT2D eigenvalue weighted by Crippen LogP contribution is 2.15. The van der Waals surface area contributed by atoms with Crippen molar-refractivity contribution in [3.63, 3.8) is 0 Å². The lowest BCUT2D eigenvalue weighted by Gasteiger charge is -2.02. The Kier molecular flexibility index (Phi) is 2.90. The molecule has 0 aliphatic carbocycles. The van der Waals surface area contributed by atoms with Crippen molar-refractivity contribution in [2.45, 2.75) is 26.3 Å². The number of aromatic carboxylic acids is 1. The van der Waals surface area contributed by atoms with Crippen molar-refractivity contribution < 1.29 is 9.90 Å². The van der Waals surface area contributed by atoms with Crippen LogP contribution in [0.4, 0.5) is 0 Å². The molecular weight excluding hydrogens is 204 g/mol. The number of hydrogen-bond donors (Lipinski definition) is 1. The van der Waals surface area contributed by atoms with Crippen molar-refractivity contribution in [2.75, 3.05) is 0 Å². The van der Waals surface area contributed by atoms with Gasteiger partial charge < -0.3 is 9.67 Å². The maximum Gasteiger partial charge on any atom is 0.335 e. The molecule has 4 nitrogen and oxygen atoms in total. The van der Waals surface area contributed by atoms with Crippen LogP contribution in [0.5, 0.6) is 0 Å². The van der Waals surface area contributed by atoms with Gasteiger partial charge in [0.1, 0.15) is 0 Å². The van der Waals surface area contributed by atoms with Gasteiger partial charge in [-0.2, -0.15) is 0 Å². The number of carboxylic acid groups (broad SMARTS) is 1. The van der Waals surface area contributed by atoms with E-state index in [1.165, 1.54) is 0 Å². The molecule has 1 aromatic carbocycles. The van der Waals surface area contributed by atoms with E-state index in [9.17, 15) is 4.79 Å². The van der Waals surface area contributed by atoms with Crippen molar-refractivity contribution in [2.24, 2.45) is 0 Å². The first kappa shape index (κ1) is 10.7. The molecule has 1 aromatic heterocycles. The Morgan fingerprint density at radius 1 is 1.50 bits per heavy atom. The minimum Gasteiger partial charge on any atom is -0.478 e. The second-order valence-electron chi connectivity index (χ2n) is 3.80. The second kappa shape index (κ2) is 4.35. The number of carboxylic acids is 1. The molecule has 1 heterocycles. The molecule has 84 valence electrons. The number of rotatable bonds is 4. The number of unbranched alkanes of at least 4 members (excludes halogenated alkanes) is 1. The summed E-state index contributed by atoms with van der Waals surface area (Å²) in [6, 6.07) is 5.05. The van der Waals surface area contributed by atoms with E-state index in [1.807, 2.05) is 6.07 Å². The zero-order valence-corrected chi connectivity index (χ0v) is 9.18. The summed E-state index contributed by atoms with van der Waals surface area (Å²) in [7, 11) is 0. The lowest BCUT2D eigenvalue weighted by atomic mass is 10.2. The van der Waals surface area contributed by atoms with E-state index in [1.54, 1.807) is 18.5 Å². The van der Waals surface area contributed by atoms with Gasteiger partial charge >= 0.3 is 5.97 Å². The first-order valence-electron chi connectivity index (χ1n) is 5.40. The van der Waals surface area contributed by atoms with Crippen LogP contribution >= 0.6 is 0 Å². The fraction of sp³-hybridized carbons (Fsp3) is 0.333. The normalized spacial score (nSPS) is 10.8. The Morgan fingerprint density at radius 2 is 2.31 bits per heavy atom. The summed E-state index contributed by atoms with van der Waals surface area (Å²) in [6.07, 6.45) is 4.00. The van der Waals surface area contributed by atoms with E-state index in [4.69, 9.17) is 5.11 Å². The SMILES string of the molecule is CCCCn1cnc2cc(C(=O)O)ccc21. The van der Waals surface area contributed by atoms with E-state index in [2.05, 4.69) is 16.5 Å². The number of nitrogens with zero attached hydrogens (tertiary/aromatic N) is 2. The molecule has 16 heavy (non-hydrogen) atoms. The molecule has 0 unspecified atom stereocenters. The first-order valence-corrected chi connectivity index (χ1v) is 5.40. The van der Waals surface area contributed by atoms with Crippen LogP contribution in [0.15, 0.2) is 24.5 Å². The highest BCUT2D eigenvalue weighted by Gasteiger charge is 2.07. The Hall–Kier alpha value is -1.84. The summed E-state index contributed by atoms with van der Waals surface area (Å²) in [5.74, 6) is -0.912. The van der Waals surface area contributed by atoms with Gasteiger partial charge in [0, 0.05) is 6.54 Å². The number of fused-ring (bicyclic) bond motifs is 1. The summed E-state index contributed by atoms with van der Waals surface area (Å²) in [5.41, 5.74) is 2.03. The zero-order valence-electron chi connectivity index (χ0n) is 9.18. The average molecular weight is 218 g/mol. The van der Waals surface area contributed by atoms with Crippen LogP contribution < -0.4 is 0 Å². The summed E-state index contributed by atoms with van der Waals surface area (Å²) in [4.78, 5) is 15.0. The quantitative estimate of drug-likeness (QED) is 0.857. The first-order chi connectivity index (χ1) is 7.72. The molecule has 0 atom stereocenters. The van der Waals surface area contributed by atoms with Crippen molar-refractivity contribution >= 4 is 17.0 Å². The van der Waals surface area contributed by atoms with Gasteiger partial charge in [-0.05, 0) is 24.6 Å². The second-order valence-corrected chi connectivity index (χ2v) is 3.80. The molecule has 2 rings (SSSR count). The Bertz CT molecular complexity index is 517. The van der Waals surface area contributed by atoms with Gasteiger partial charge in [-0.15, -0.1) is 0 Å². The predicted molar refractivity (Wildman–Crippen MR) is 61.6 cm³/mol. The van der Waals surface area contributed by atoms with Gasteiger partial charge in [0.2, 0.25) is 0 Å². The molecule has 1 N–H and O–H groups in total. The summed E-state index contributed by atoms with van der Waals surface area (Å²) < 4.78 is 2.06. The summed E-state index contributed by atoms with van der Waals surface area (Å²) >= 11 is 0. The monoisotopic (exact) mass is 218 g/mol. The minimum atomic E-state index is -0.912. The maximum absolute atomic E-state index is 10.8. The molecule has 0 aliphatic heterocycles. The maximum atomic E-state index is 10.8. The molecule has 0 radical (unpaired) electrons. The van der Waals surface area contributed by atoms with Gasteiger partial charge in [-0.1, -0.05) is 13.3 Å². The topological polar surface area (TPSA) is 55.1 Å². The molecule has 4 heteroatoms. The largest absolute Gasteiger partial charge is 0.478 e. The van der Waals surface area contributed by atoms with Crippen LogP contribution in [0.3, 0.4) is 0 Å². The third kappa shape index (κ3) is 1.91. The Balaban J connectivity index is 2.38. The lowest BCUT2D eigenvalue weighted by Crippen LogP contribution is -1.97. The molecule has 0 amide bonds. The number of aromatic nitrogens is 2. The van der Waals surface area contributed by atoms with Gasteiger partial charge in [-0.3, -0.25) is 0 Å². The number of carbonyl (C=O) groups is 1. The number of imidazole rings is 1. The summed E-state index contributed by atoms with van der Waals surface area (Å²) in [5, 5.41) is 8.86. The molecule has 0 saturated carbocycles. The van der Waals surface area contributed by atoms with Gasteiger partial charge in [0.25, 0.3) is 0 Å². The highest BCUT2D eigenvalue weighted by atomic mass is 16.4. The van der Waals surface area contributed by atoms with Gasteiger partial charge in [-0.25, -0.2) is 9.78 Å². The third-order valence-electron chi connectivity index (χ3n) is 2.62. The van der Waals surface area contributed by atoms with Crippen LogP contribution in [0.2, 0.25) is 0 Å². The van der Waals surface area contributed by atoms with E-state index in [0.29, 0.717) is 0 Å². The van der Waals surface area contributed by atoms with Crippen LogP contribution in [-0.4, -0.2) is 20.6 Å². The average Bonchev–Trinajstić information content (AvgIpc) is 2.68. The molecule has 2 aromatic rings. The van der Waals surface area contributed by atoms with E-state index >= 15 is 0 Å². The lowest BCUT2D eigenvalue weighted by molar-refractivity contribution is 0.0697. The standard InChI is InChI=1S/C12H14N2O2/c1-2-3-6-14-8-13-10-7-9(12(15)16)4-5-11(10)14/h4-5,7-8H,2-3,6H2,1H3,(H,15,16). The highest BCUT2D eigenvalue weighted by molar-refractivity contribution is 5.92. The van der Waals surface area contributed by atoms with E-state index in [-0.39, 0.29) is 5.56 Å². The molecule has 0 spiro atoms. The predicted octanol–water partition coefficient (Wildman–Crippen LogP) is 2.53. The molecule has 0 bridgehead atoms. The van der Waals surface area contributed by atoms with Crippen LogP contribution in [0.25, 0.3) is 11.0 Å². The smallest absolute Gasteiger partial charge is 0.335 e. The number of benzene rings is 1. The molecular formula is C12H14N2O2. The van der Waals surface area contributed by atoms with Crippen molar-refractivity contribution in [3.8, 4) is 0 Å². The number of hydrogen-bond acceptors (Lipinski definition) is 2. The van der Waals surface area contributed by atoms with Crippen LogP contribution in [0, 0.1) is 0 Å². The van der Waals surface area contributed by atoms with E-state index in [0.717, 1.165) is 30.4 Å². The van der Waals surface area contributed by atoms with Crippen LogP contribution in [-0.2, 0) is 6.54 Å². The van der Waals surface area contributed by atoms with Crippen molar-refractivity contribution in [1.29, 1.82) is 0 Å². The third-order valence-corrected chi connectivity index (χ3v) is 2.62. The van der Waals surface area contributed by atoms with Gasteiger partial charge in [0.15, 0.2) is 0 Å². The van der Waals surface area contributed by atoms with Gasteiger partial charge in [0.05, 0.1) is 22.9 Å². The zero-order chi connectivity index (χ0) is 11.5. The Labute approximate surface area is 93.5 Å². The van der Waals surface area contributed by atoms with Crippen molar-refractivity contribution in [3.05, 3.63) is 30.1 Å². The Morgan fingerprint density at radius 3 is 3.00 bits per heavy atom. The fourth-order valence-electron chi connectivity index (χ4n) is 1.70. The summed E-state index contributed by atoms with van der Waals surface area (Å²) in [6.45, 7) is 3.07. The fourth-order valence-corrected chi connectivity index (χ4v) is 1.70. The molecule has 0 fully saturated rings. The minimum absolute atomic E-state index is 0.285. The van der Waals surface area contributed by atoms with E-state index < -0.39 is 5.97 Å².